The van der Waals surface area contributed by atoms with Gasteiger partial charge in [-0.25, -0.2) is 9.78 Å². The van der Waals surface area contributed by atoms with Gasteiger partial charge in [-0.1, -0.05) is 37.8 Å². The number of carbonyl (C=O) groups excluding carboxylic acids is 2. The summed E-state index contributed by atoms with van der Waals surface area (Å²) >= 11 is 0. The van der Waals surface area contributed by atoms with Gasteiger partial charge in [0.15, 0.2) is 11.6 Å². The highest BCUT2D eigenvalue weighted by Gasteiger charge is 2.45. The molecule has 0 bridgehead atoms. The van der Waals surface area contributed by atoms with E-state index in [0.717, 1.165) is 39.9 Å². The van der Waals surface area contributed by atoms with Crippen LogP contribution in [0.4, 0.5) is 17.3 Å². The van der Waals surface area contributed by atoms with Gasteiger partial charge in [-0.2, -0.15) is 0 Å². The number of nitrogens with zero attached hydrogens (tertiary/aromatic N) is 4. The highest BCUT2D eigenvalue weighted by Crippen LogP contribution is 2.45. The van der Waals surface area contributed by atoms with Gasteiger partial charge in [-0.3, -0.25) is 23.5 Å². The number of fused-ring (bicyclic) bond motifs is 1. The molecule has 4 atom stereocenters. The van der Waals surface area contributed by atoms with Crippen LogP contribution in [0.1, 0.15) is 38.2 Å². The fourth-order valence-electron chi connectivity index (χ4n) is 4.82. The molecule has 0 radical (unpaired) electrons. The number of nitrogens with one attached hydrogen (secondary N) is 1. The molecule has 10 heteroatoms. The Morgan fingerprint density at radius 3 is 2.57 bits per heavy atom. The van der Waals surface area contributed by atoms with Crippen LogP contribution in [0.25, 0.3) is 0 Å². The standard InChI is InChI=1S/C27H34N6O4/c1-5-7-8-21(17-9-10-22(29-12-17)32-13-18-11-19(18)14-32)24(35)16(3)30-23-25(28)31(4)27(37)33(26(23)36)15-20(34)6-2/h5,7-10,12,16,18-19,21,30H,1,6,11,13-15,28H2,2-4H3/b8-7-/t16-,18?,19?,21?/m0/s1. The number of piperidine rings is 1. The van der Waals surface area contributed by atoms with E-state index >= 15 is 0 Å². The van der Waals surface area contributed by atoms with Crippen molar-refractivity contribution in [1.29, 1.82) is 0 Å². The minimum absolute atomic E-state index is 0.0978. The largest absolute Gasteiger partial charge is 0.383 e. The van der Waals surface area contributed by atoms with Gasteiger partial charge in [-0.15, -0.1) is 0 Å². The zero-order valence-electron chi connectivity index (χ0n) is 21.5. The first-order chi connectivity index (χ1) is 17.7. The highest BCUT2D eigenvalue weighted by atomic mass is 16.2. The van der Waals surface area contributed by atoms with Crippen molar-refractivity contribution in [3.8, 4) is 0 Å². The number of hydrogen-bond donors (Lipinski definition) is 2. The quantitative estimate of drug-likeness (QED) is 0.442. The van der Waals surface area contributed by atoms with Crippen molar-refractivity contribution >= 4 is 28.9 Å². The molecule has 196 valence electrons. The van der Waals surface area contributed by atoms with Crippen LogP contribution in [0.5, 0.6) is 0 Å². The van der Waals surface area contributed by atoms with E-state index in [0.29, 0.717) is 5.56 Å². The molecule has 10 nitrogen and oxygen atoms in total. The molecule has 2 aliphatic rings. The van der Waals surface area contributed by atoms with Crippen molar-refractivity contribution in [3.63, 3.8) is 0 Å². The van der Waals surface area contributed by atoms with Gasteiger partial charge in [0.1, 0.15) is 17.3 Å². The first-order valence-corrected chi connectivity index (χ1v) is 12.6. The second-order valence-electron chi connectivity index (χ2n) is 9.86. The van der Waals surface area contributed by atoms with Gasteiger partial charge >= 0.3 is 5.69 Å². The second-order valence-corrected chi connectivity index (χ2v) is 9.86. The summed E-state index contributed by atoms with van der Waals surface area (Å²) in [5.74, 6) is 1.23. The number of pyridine rings is 1. The van der Waals surface area contributed by atoms with Gasteiger partial charge in [0.25, 0.3) is 5.56 Å². The van der Waals surface area contributed by atoms with E-state index in [4.69, 9.17) is 5.73 Å². The van der Waals surface area contributed by atoms with Crippen LogP contribution in [0.15, 0.2) is 52.7 Å². The number of Topliss-reactive ketones (excluding diaryl/α,β-unsaturated/α-hetero) is 2. The average Bonchev–Trinajstić information content (AvgIpc) is 3.52. The fraction of sp³-hybridized carbons (Fsp3) is 0.444. The number of carbonyl (C=O) groups is 2. The average molecular weight is 507 g/mol. The monoisotopic (exact) mass is 506 g/mol. The van der Waals surface area contributed by atoms with Crippen LogP contribution in [0, 0.1) is 11.8 Å². The van der Waals surface area contributed by atoms with Gasteiger partial charge in [-0.05, 0) is 36.8 Å². The van der Waals surface area contributed by atoms with Crippen LogP contribution in [0.3, 0.4) is 0 Å². The molecule has 37 heavy (non-hydrogen) atoms. The molecule has 1 saturated carbocycles. The molecule has 1 aliphatic heterocycles. The summed E-state index contributed by atoms with van der Waals surface area (Å²) in [4.78, 5) is 58.1. The van der Waals surface area contributed by atoms with Crippen molar-refractivity contribution in [3.05, 3.63) is 69.5 Å². The molecule has 4 rings (SSSR count). The molecule has 2 aromatic rings. The maximum atomic E-state index is 13.6. The van der Waals surface area contributed by atoms with E-state index in [1.165, 1.54) is 13.5 Å². The summed E-state index contributed by atoms with van der Waals surface area (Å²) in [5.41, 5.74) is 5.25. The lowest BCUT2D eigenvalue weighted by molar-refractivity contribution is -0.120. The maximum absolute atomic E-state index is 13.6. The van der Waals surface area contributed by atoms with Crippen LogP contribution in [-0.4, -0.2) is 44.8 Å². The Kier molecular flexibility index (Phi) is 7.47. The van der Waals surface area contributed by atoms with Gasteiger partial charge in [0.05, 0.1) is 18.5 Å². The van der Waals surface area contributed by atoms with E-state index in [1.54, 1.807) is 38.3 Å². The predicted molar refractivity (Wildman–Crippen MR) is 144 cm³/mol. The third kappa shape index (κ3) is 5.28. The second kappa shape index (κ2) is 10.6. The Labute approximate surface area is 215 Å². The first kappa shape index (κ1) is 26.1. The number of nitrogen functional groups attached to an aromatic ring is 1. The lowest BCUT2D eigenvalue weighted by atomic mass is 9.91. The molecule has 2 aromatic heterocycles. The third-order valence-corrected chi connectivity index (χ3v) is 7.29. The van der Waals surface area contributed by atoms with E-state index in [1.807, 2.05) is 12.1 Å². The number of rotatable bonds is 11. The number of aromatic nitrogens is 3. The summed E-state index contributed by atoms with van der Waals surface area (Å²) in [6.07, 6.45) is 8.22. The molecule has 0 aromatic carbocycles. The summed E-state index contributed by atoms with van der Waals surface area (Å²) in [7, 11) is 1.41. The molecule has 3 unspecified atom stereocenters. The topological polar surface area (TPSA) is 132 Å². The van der Waals surface area contributed by atoms with Crippen molar-refractivity contribution < 1.29 is 9.59 Å². The Balaban J connectivity index is 1.58. The molecular weight excluding hydrogens is 472 g/mol. The van der Waals surface area contributed by atoms with Crippen LogP contribution >= 0.6 is 0 Å². The number of anilines is 3. The summed E-state index contributed by atoms with van der Waals surface area (Å²) in [6, 6.07) is 3.00. The minimum atomic E-state index is -0.840. The van der Waals surface area contributed by atoms with Crippen LogP contribution in [-0.2, 0) is 23.2 Å². The maximum Gasteiger partial charge on any atom is 0.332 e. The summed E-state index contributed by atoms with van der Waals surface area (Å²) in [5, 5.41) is 2.90. The molecule has 3 N–H and O–H groups in total. The zero-order valence-corrected chi connectivity index (χ0v) is 21.5. The Hall–Kier alpha value is -3.95. The molecule has 0 amide bonds. The van der Waals surface area contributed by atoms with Gasteiger partial charge in [0.2, 0.25) is 0 Å². The summed E-state index contributed by atoms with van der Waals surface area (Å²) < 4.78 is 1.92. The number of allylic oxidation sites excluding steroid dienone is 3. The number of nitrogens with two attached hydrogens (primary N) is 1. The fourth-order valence-corrected chi connectivity index (χ4v) is 4.82. The molecule has 1 saturated heterocycles. The van der Waals surface area contributed by atoms with Crippen LogP contribution in [0.2, 0.25) is 0 Å². The van der Waals surface area contributed by atoms with Crippen LogP contribution < -0.4 is 27.2 Å². The first-order valence-electron chi connectivity index (χ1n) is 12.6. The third-order valence-electron chi connectivity index (χ3n) is 7.29. The van der Waals surface area contributed by atoms with E-state index in [-0.39, 0.29) is 36.0 Å². The van der Waals surface area contributed by atoms with E-state index in [9.17, 15) is 19.2 Å². The Morgan fingerprint density at radius 1 is 1.27 bits per heavy atom. The molecule has 3 heterocycles. The van der Waals surface area contributed by atoms with Crippen molar-refractivity contribution in [1.82, 2.24) is 14.1 Å². The molecular formula is C27H34N6O4. The molecule has 0 spiro atoms. The zero-order chi connectivity index (χ0) is 26.9. The molecule has 1 aliphatic carbocycles. The predicted octanol–water partition coefficient (Wildman–Crippen LogP) is 1.85. The van der Waals surface area contributed by atoms with Gasteiger partial charge in [0, 0.05) is 32.8 Å². The lowest BCUT2D eigenvalue weighted by Gasteiger charge is -2.22. The Morgan fingerprint density at radius 2 is 1.97 bits per heavy atom. The van der Waals surface area contributed by atoms with E-state index in [2.05, 4.69) is 21.8 Å². The normalized spacial score (nSPS) is 19.9. The van der Waals surface area contributed by atoms with Crippen molar-refractivity contribution in [2.75, 3.05) is 29.0 Å². The highest BCUT2D eigenvalue weighted by molar-refractivity contribution is 5.94. The Bertz CT molecular complexity index is 1350. The van der Waals surface area contributed by atoms with E-state index < -0.39 is 23.2 Å². The molecule has 2 fully saturated rings. The van der Waals surface area contributed by atoms with Crippen molar-refractivity contribution in [2.45, 2.75) is 45.2 Å². The number of hydrogen-bond acceptors (Lipinski definition) is 8. The SMILES string of the molecule is C=C/C=C\C(C(=O)[C@H](C)Nc1c(N)n(C)c(=O)n(CC(=O)CC)c1=O)c1ccc(N2CC3CC3C2)nc1. The lowest BCUT2D eigenvalue weighted by Crippen LogP contribution is -2.44. The summed E-state index contributed by atoms with van der Waals surface area (Å²) in [6.45, 7) is 8.67. The van der Waals surface area contributed by atoms with Crippen molar-refractivity contribution in [2.24, 2.45) is 18.9 Å². The smallest absolute Gasteiger partial charge is 0.332 e. The number of ketones is 2. The van der Waals surface area contributed by atoms with Gasteiger partial charge < -0.3 is 16.0 Å². The minimum Gasteiger partial charge on any atom is -0.383 e.